The molecule has 2 aromatic carbocycles. The van der Waals surface area contributed by atoms with Crippen molar-refractivity contribution in [2.75, 3.05) is 26.6 Å². The number of rotatable bonds is 11. The molecule has 8 heteroatoms. The monoisotopic (exact) mass is 466 g/mol. The molecule has 7 nitrogen and oxygen atoms in total. The summed E-state index contributed by atoms with van der Waals surface area (Å²) in [6.45, 7) is 2.27. The number of halogens is 1. The Bertz CT molecular complexity index is 839. The minimum atomic E-state index is -1.42. The van der Waals surface area contributed by atoms with Gasteiger partial charge in [-0.3, -0.25) is 0 Å². The van der Waals surface area contributed by atoms with Crippen molar-refractivity contribution in [1.29, 1.82) is 0 Å². The lowest BCUT2D eigenvalue weighted by Crippen LogP contribution is -2.42. The molecule has 4 N–H and O–H groups in total. The van der Waals surface area contributed by atoms with Gasteiger partial charge in [-0.2, -0.15) is 0 Å². The molecular formula is C24H31ClO7. The average Bonchev–Trinajstić information content (AvgIpc) is 3.31. The predicted molar refractivity (Wildman–Crippen MR) is 120 cm³/mol. The summed E-state index contributed by atoms with van der Waals surface area (Å²) in [5.41, 5.74) is 2.73. The Morgan fingerprint density at radius 2 is 1.84 bits per heavy atom. The van der Waals surface area contributed by atoms with Crippen LogP contribution in [0.3, 0.4) is 0 Å². The minimum Gasteiger partial charge on any atom is -0.488 e. The molecule has 0 radical (unpaired) electrons. The Morgan fingerprint density at radius 3 is 2.50 bits per heavy atom. The Kier molecular flexibility index (Phi) is 9.31. The van der Waals surface area contributed by atoms with Crippen molar-refractivity contribution in [3.63, 3.8) is 0 Å². The summed E-state index contributed by atoms with van der Waals surface area (Å²) in [5.74, 6) is 0.341. The van der Waals surface area contributed by atoms with E-state index in [1.54, 1.807) is 19.1 Å². The lowest BCUT2D eigenvalue weighted by molar-refractivity contribution is -0.112. The van der Waals surface area contributed by atoms with Crippen LogP contribution in [0.15, 0.2) is 42.5 Å². The fraction of sp³-hybridized carbons (Fsp3) is 0.500. The molecule has 0 aliphatic carbocycles. The molecule has 0 spiro atoms. The van der Waals surface area contributed by atoms with Crippen molar-refractivity contribution < 1.29 is 34.6 Å². The average molecular weight is 467 g/mol. The van der Waals surface area contributed by atoms with E-state index in [0.29, 0.717) is 18.1 Å². The second kappa shape index (κ2) is 12.0. The molecule has 1 heterocycles. The molecule has 176 valence electrons. The number of hydrogen-bond acceptors (Lipinski definition) is 7. The van der Waals surface area contributed by atoms with Gasteiger partial charge in [0.25, 0.3) is 0 Å². The summed E-state index contributed by atoms with van der Waals surface area (Å²) < 4.78 is 15.9. The highest BCUT2D eigenvalue weighted by Gasteiger charge is 2.30. The molecule has 3 rings (SSSR count). The molecule has 1 aliphatic rings. The van der Waals surface area contributed by atoms with Gasteiger partial charge >= 0.3 is 0 Å². The van der Waals surface area contributed by atoms with E-state index in [0.717, 1.165) is 35.5 Å². The van der Waals surface area contributed by atoms with Gasteiger partial charge in [-0.25, -0.2) is 0 Å². The Balaban J connectivity index is 1.65. The highest BCUT2D eigenvalue weighted by Crippen LogP contribution is 2.29. The largest absolute Gasteiger partial charge is 0.488 e. The first-order chi connectivity index (χ1) is 15.4. The van der Waals surface area contributed by atoms with Crippen molar-refractivity contribution in [1.82, 2.24) is 0 Å². The van der Waals surface area contributed by atoms with E-state index in [1.807, 2.05) is 30.3 Å². The second-order valence-electron chi connectivity index (χ2n) is 8.11. The van der Waals surface area contributed by atoms with Crippen molar-refractivity contribution in [2.24, 2.45) is 0 Å². The van der Waals surface area contributed by atoms with Crippen LogP contribution in [0.2, 0.25) is 5.02 Å². The van der Waals surface area contributed by atoms with Gasteiger partial charge in [-0.15, -0.1) is 0 Å². The first-order valence-corrected chi connectivity index (χ1v) is 11.1. The first-order valence-electron chi connectivity index (χ1n) is 10.7. The van der Waals surface area contributed by atoms with Crippen molar-refractivity contribution in [3.8, 4) is 5.75 Å². The van der Waals surface area contributed by atoms with Crippen molar-refractivity contribution in [3.05, 3.63) is 64.2 Å². The molecule has 1 aliphatic heterocycles. The molecule has 0 bridgehead atoms. The number of aliphatic hydroxyl groups excluding tert-OH is 4. The fourth-order valence-corrected chi connectivity index (χ4v) is 3.89. The van der Waals surface area contributed by atoms with E-state index in [-0.39, 0.29) is 12.7 Å². The molecule has 32 heavy (non-hydrogen) atoms. The highest BCUT2D eigenvalue weighted by atomic mass is 35.5. The summed E-state index contributed by atoms with van der Waals surface area (Å²) in [6, 6.07) is 13.3. The number of hydrogen-bond donors (Lipinski definition) is 4. The number of ether oxygens (including phenoxy) is 3. The smallest absolute Gasteiger partial charge is 0.143 e. The molecule has 5 atom stereocenters. The van der Waals surface area contributed by atoms with E-state index in [1.165, 1.54) is 0 Å². The second-order valence-corrected chi connectivity index (χ2v) is 8.52. The van der Waals surface area contributed by atoms with Gasteiger partial charge in [0.1, 0.15) is 30.9 Å². The van der Waals surface area contributed by atoms with Crippen molar-refractivity contribution >= 4 is 11.6 Å². The van der Waals surface area contributed by atoms with Gasteiger partial charge in [0.15, 0.2) is 0 Å². The zero-order valence-corrected chi connectivity index (χ0v) is 18.8. The SMILES string of the molecule is CC(c1ccc(Cl)c(Cc2ccc(O[C@H]3CCOC3)cc2)c1)C(O)C(O)C(O)COCO. The van der Waals surface area contributed by atoms with E-state index >= 15 is 0 Å². The molecular weight excluding hydrogens is 436 g/mol. The summed E-state index contributed by atoms with van der Waals surface area (Å²) in [5, 5.41) is 40.0. The maximum Gasteiger partial charge on any atom is 0.143 e. The van der Waals surface area contributed by atoms with E-state index in [9.17, 15) is 15.3 Å². The van der Waals surface area contributed by atoms with E-state index in [2.05, 4.69) is 0 Å². The van der Waals surface area contributed by atoms with Gasteiger partial charge in [0.05, 0.1) is 25.9 Å². The van der Waals surface area contributed by atoms with Crippen LogP contribution in [-0.4, -0.2) is 71.5 Å². The molecule has 4 unspecified atom stereocenters. The van der Waals surface area contributed by atoms with Crippen LogP contribution >= 0.6 is 11.6 Å². The molecule has 0 saturated carbocycles. The summed E-state index contributed by atoms with van der Waals surface area (Å²) in [6.07, 6.45) is -2.37. The molecule has 0 amide bonds. The maximum atomic E-state index is 10.5. The van der Waals surface area contributed by atoms with Gasteiger partial charge in [0, 0.05) is 17.4 Å². The topological polar surface area (TPSA) is 109 Å². The van der Waals surface area contributed by atoms with Crippen LogP contribution in [-0.2, 0) is 15.9 Å². The zero-order chi connectivity index (χ0) is 23.1. The molecule has 2 aromatic rings. The molecule has 0 aromatic heterocycles. The zero-order valence-electron chi connectivity index (χ0n) is 18.1. The standard InChI is InChI=1S/C24H31ClO7/c1-15(23(28)24(29)22(27)13-31-14-26)17-4-7-21(25)18(11-17)10-16-2-5-19(6-3-16)32-20-8-9-30-12-20/h2-7,11,15,20,22-24,26-29H,8-10,12-14H2,1H3/t15?,20-,22?,23?,24?/m0/s1. The van der Waals surface area contributed by atoms with Crippen LogP contribution in [0.1, 0.15) is 36.0 Å². The minimum absolute atomic E-state index is 0.101. The quantitative estimate of drug-likeness (QED) is 0.376. The van der Waals surface area contributed by atoms with Gasteiger partial charge in [-0.05, 0) is 41.3 Å². The highest BCUT2D eigenvalue weighted by molar-refractivity contribution is 6.31. The van der Waals surface area contributed by atoms with Crippen LogP contribution in [0, 0.1) is 0 Å². The lowest BCUT2D eigenvalue weighted by Gasteiger charge is -2.27. The summed E-state index contributed by atoms with van der Waals surface area (Å²) in [4.78, 5) is 0. The Hall–Kier alpha value is -1.71. The fourth-order valence-electron chi connectivity index (χ4n) is 3.71. The maximum absolute atomic E-state index is 10.5. The Morgan fingerprint density at radius 1 is 1.09 bits per heavy atom. The normalized spacial score (nSPS) is 20.0. The first kappa shape index (κ1) is 24.9. The van der Waals surface area contributed by atoms with Crippen LogP contribution in [0.5, 0.6) is 5.75 Å². The number of benzene rings is 2. The van der Waals surface area contributed by atoms with Gasteiger partial charge in [0.2, 0.25) is 0 Å². The third-order valence-corrected chi connectivity index (χ3v) is 6.11. The number of aliphatic hydroxyl groups is 4. The van der Waals surface area contributed by atoms with Gasteiger partial charge < -0.3 is 34.6 Å². The van der Waals surface area contributed by atoms with E-state index < -0.39 is 31.0 Å². The third-order valence-electron chi connectivity index (χ3n) is 5.74. The summed E-state index contributed by atoms with van der Waals surface area (Å²) >= 11 is 6.41. The predicted octanol–water partition coefficient (Wildman–Crippen LogP) is 2.25. The molecule has 1 fully saturated rings. The molecule has 1 saturated heterocycles. The van der Waals surface area contributed by atoms with Crippen LogP contribution in [0.4, 0.5) is 0 Å². The van der Waals surface area contributed by atoms with Crippen molar-refractivity contribution in [2.45, 2.75) is 50.1 Å². The van der Waals surface area contributed by atoms with Gasteiger partial charge in [-0.1, -0.05) is 42.8 Å². The van der Waals surface area contributed by atoms with E-state index in [4.69, 9.17) is 30.9 Å². The van der Waals surface area contributed by atoms with Crippen LogP contribution < -0.4 is 4.74 Å². The van der Waals surface area contributed by atoms with Crippen LogP contribution in [0.25, 0.3) is 0 Å². The third kappa shape index (κ3) is 6.65. The lowest BCUT2D eigenvalue weighted by atomic mass is 9.88. The Labute approximate surface area is 193 Å². The summed E-state index contributed by atoms with van der Waals surface area (Å²) in [7, 11) is 0.